The summed E-state index contributed by atoms with van der Waals surface area (Å²) in [6.07, 6.45) is 4.89. The molecule has 0 aliphatic heterocycles. The molecule has 0 bridgehead atoms. The minimum absolute atomic E-state index is 0.102. The lowest BCUT2D eigenvalue weighted by molar-refractivity contribution is 0.239. The monoisotopic (exact) mass is 289 g/mol. The van der Waals surface area contributed by atoms with Crippen LogP contribution in [0.5, 0.6) is 0 Å². The maximum Gasteiger partial charge on any atom is 0.217 e. The molecule has 19 heavy (non-hydrogen) atoms. The van der Waals surface area contributed by atoms with Crippen LogP contribution in [-0.2, 0) is 10.0 Å². The predicted molar refractivity (Wildman–Crippen MR) is 81.7 cm³/mol. The van der Waals surface area contributed by atoms with E-state index in [1.807, 2.05) is 20.8 Å². The Morgan fingerprint density at radius 2 is 1.53 bits per heavy atom. The molecule has 1 aliphatic rings. The fourth-order valence-corrected chi connectivity index (χ4v) is 4.54. The predicted octanol–water partition coefficient (Wildman–Crippen LogP) is 3.80. The molecule has 1 saturated carbocycles. The smallest absolute Gasteiger partial charge is 0.212 e. The van der Waals surface area contributed by atoms with Gasteiger partial charge in [-0.25, -0.2) is 8.42 Å². The van der Waals surface area contributed by atoms with Crippen molar-refractivity contribution in [2.45, 2.75) is 84.4 Å². The van der Waals surface area contributed by atoms with E-state index in [1.165, 1.54) is 0 Å². The van der Waals surface area contributed by atoms with Crippen molar-refractivity contribution in [2.24, 2.45) is 5.41 Å². The van der Waals surface area contributed by atoms with Gasteiger partial charge in [-0.1, -0.05) is 27.2 Å². The lowest BCUT2D eigenvalue weighted by Gasteiger charge is -2.35. The molecule has 0 heterocycles. The first-order chi connectivity index (χ1) is 8.44. The molecule has 1 aliphatic carbocycles. The van der Waals surface area contributed by atoms with E-state index < -0.39 is 10.0 Å². The van der Waals surface area contributed by atoms with E-state index in [9.17, 15) is 8.42 Å². The number of nitrogens with zero attached hydrogens (tertiary/aromatic N) is 1. The van der Waals surface area contributed by atoms with Gasteiger partial charge in [-0.15, -0.1) is 0 Å². The van der Waals surface area contributed by atoms with Crippen LogP contribution in [0, 0.1) is 5.41 Å². The third kappa shape index (κ3) is 5.42. The summed E-state index contributed by atoms with van der Waals surface area (Å²) in [6.45, 7) is 13.4. The molecule has 0 radical (unpaired) electrons. The van der Waals surface area contributed by atoms with Gasteiger partial charge in [-0.3, -0.25) is 0 Å². The molecule has 0 aromatic rings. The van der Waals surface area contributed by atoms with E-state index in [0.717, 1.165) is 32.1 Å². The molecule has 0 unspecified atom stereocenters. The van der Waals surface area contributed by atoms with Gasteiger partial charge in [0.2, 0.25) is 10.0 Å². The molecular weight excluding hydrogens is 258 g/mol. The van der Waals surface area contributed by atoms with Crippen molar-refractivity contribution in [3.63, 3.8) is 0 Å². The van der Waals surface area contributed by atoms with E-state index in [2.05, 4.69) is 20.8 Å². The molecule has 0 N–H and O–H groups in total. The quantitative estimate of drug-likeness (QED) is 0.698. The Bertz CT molecular complexity index is 383. The summed E-state index contributed by atoms with van der Waals surface area (Å²) in [5.41, 5.74) is 0.0328. The van der Waals surface area contributed by atoms with Crippen molar-refractivity contribution in [1.29, 1.82) is 0 Å². The second-order valence-corrected chi connectivity index (χ2v) is 10.1. The first kappa shape index (κ1) is 17.0. The fourth-order valence-electron chi connectivity index (χ4n) is 2.30. The van der Waals surface area contributed by atoms with Crippen LogP contribution in [-0.4, -0.2) is 30.1 Å². The highest BCUT2D eigenvalue weighted by Crippen LogP contribution is 2.34. The van der Waals surface area contributed by atoms with E-state index in [1.54, 1.807) is 4.31 Å². The average molecular weight is 289 g/mol. The SMILES string of the molecule is CC(C)(C)CCCCN(C(C)(C)C)S(=O)(=O)C1CC1. The van der Waals surface area contributed by atoms with Crippen molar-refractivity contribution >= 4 is 10.0 Å². The Labute approximate surface area is 119 Å². The van der Waals surface area contributed by atoms with Crippen LogP contribution in [0.2, 0.25) is 0 Å². The molecule has 0 spiro atoms. The van der Waals surface area contributed by atoms with Crippen molar-refractivity contribution in [3.8, 4) is 0 Å². The van der Waals surface area contributed by atoms with Gasteiger partial charge in [0.1, 0.15) is 0 Å². The van der Waals surface area contributed by atoms with Gasteiger partial charge in [-0.2, -0.15) is 4.31 Å². The van der Waals surface area contributed by atoms with Crippen LogP contribution in [0.25, 0.3) is 0 Å². The van der Waals surface area contributed by atoms with E-state index in [0.29, 0.717) is 12.0 Å². The standard InChI is InChI=1S/C15H31NO2S/c1-14(2,3)11-7-8-12-16(15(4,5)6)19(17,18)13-9-10-13/h13H,7-12H2,1-6H3. The maximum absolute atomic E-state index is 12.5. The zero-order chi connectivity index (χ0) is 14.9. The molecule has 0 aromatic carbocycles. The lowest BCUT2D eigenvalue weighted by Crippen LogP contribution is -2.47. The lowest BCUT2D eigenvalue weighted by atomic mass is 9.90. The molecular formula is C15H31NO2S. The van der Waals surface area contributed by atoms with Crippen molar-refractivity contribution in [2.75, 3.05) is 6.54 Å². The Morgan fingerprint density at radius 3 is 1.89 bits per heavy atom. The number of hydrogen-bond acceptors (Lipinski definition) is 2. The van der Waals surface area contributed by atoms with E-state index in [4.69, 9.17) is 0 Å². The fraction of sp³-hybridized carbons (Fsp3) is 1.00. The van der Waals surface area contributed by atoms with Crippen molar-refractivity contribution in [1.82, 2.24) is 4.31 Å². The van der Waals surface area contributed by atoms with Gasteiger partial charge in [0.25, 0.3) is 0 Å². The highest BCUT2D eigenvalue weighted by atomic mass is 32.2. The molecule has 0 atom stereocenters. The normalized spacial score (nSPS) is 18.1. The van der Waals surface area contributed by atoms with Crippen LogP contribution >= 0.6 is 0 Å². The molecule has 114 valence electrons. The van der Waals surface area contributed by atoms with Crippen LogP contribution in [0.15, 0.2) is 0 Å². The summed E-state index contributed by atoms with van der Waals surface area (Å²) in [6, 6.07) is 0. The summed E-state index contributed by atoms with van der Waals surface area (Å²) >= 11 is 0. The van der Waals surface area contributed by atoms with Gasteiger partial charge in [-0.05, 0) is 51.9 Å². The largest absolute Gasteiger partial charge is 0.217 e. The highest BCUT2D eigenvalue weighted by Gasteiger charge is 2.43. The van der Waals surface area contributed by atoms with Gasteiger partial charge in [0.15, 0.2) is 0 Å². The van der Waals surface area contributed by atoms with Crippen LogP contribution < -0.4 is 0 Å². The third-order valence-corrected chi connectivity index (χ3v) is 6.20. The summed E-state index contributed by atoms with van der Waals surface area (Å²) in [4.78, 5) is 0. The second-order valence-electron chi connectivity index (χ2n) is 8.01. The van der Waals surface area contributed by atoms with Crippen LogP contribution in [0.4, 0.5) is 0 Å². The third-order valence-electron chi connectivity index (χ3n) is 3.54. The van der Waals surface area contributed by atoms with Gasteiger partial charge in [0, 0.05) is 12.1 Å². The summed E-state index contributed by atoms with van der Waals surface area (Å²) < 4.78 is 26.6. The van der Waals surface area contributed by atoms with Crippen molar-refractivity contribution < 1.29 is 8.42 Å². The maximum atomic E-state index is 12.5. The molecule has 0 aromatic heterocycles. The van der Waals surface area contributed by atoms with Gasteiger partial charge < -0.3 is 0 Å². The Hall–Kier alpha value is -0.0900. The first-order valence-electron chi connectivity index (χ1n) is 7.46. The number of unbranched alkanes of at least 4 members (excludes halogenated alkanes) is 1. The van der Waals surface area contributed by atoms with Gasteiger partial charge in [0.05, 0.1) is 5.25 Å². The summed E-state index contributed by atoms with van der Waals surface area (Å²) in [5, 5.41) is -0.102. The zero-order valence-corrected chi connectivity index (χ0v) is 14.3. The second kappa shape index (κ2) is 5.72. The molecule has 4 heteroatoms. The number of rotatable bonds is 6. The van der Waals surface area contributed by atoms with E-state index >= 15 is 0 Å². The Balaban J connectivity index is 2.57. The first-order valence-corrected chi connectivity index (χ1v) is 8.96. The van der Waals surface area contributed by atoms with Crippen LogP contribution in [0.3, 0.4) is 0 Å². The summed E-state index contributed by atoms with van der Waals surface area (Å²) in [5.74, 6) is 0. The Kier molecular flexibility index (Phi) is 5.11. The minimum atomic E-state index is -3.07. The van der Waals surface area contributed by atoms with Crippen LogP contribution in [0.1, 0.15) is 73.6 Å². The number of hydrogen-bond donors (Lipinski definition) is 0. The molecule has 0 saturated heterocycles. The van der Waals surface area contributed by atoms with Gasteiger partial charge >= 0.3 is 0 Å². The molecule has 0 amide bonds. The molecule has 3 nitrogen and oxygen atoms in total. The molecule has 1 fully saturated rings. The average Bonchev–Trinajstić information content (AvgIpc) is 2.95. The zero-order valence-electron chi connectivity index (χ0n) is 13.5. The van der Waals surface area contributed by atoms with Crippen molar-refractivity contribution in [3.05, 3.63) is 0 Å². The Morgan fingerprint density at radius 1 is 1.00 bits per heavy atom. The number of sulfonamides is 1. The minimum Gasteiger partial charge on any atom is -0.212 e. The van der Waals surface area contributed by atoms with E-state index in [-0.39, 0.29) is 10.8 Å². The highest BCUT2D eigenvalue weighted by molar-refractivity contribution is 7.90. The molecule has 1 rings (SSSR count). The topological polar surface area (TPSA) is 37.4 Å². The summed E-state index contributed by atoms with van der Waals surface area (Å²) in [7, 11) is -3.07.